The van der Waals surface area contributed by atoms with Gasteiger partial charge in [-0.15, -0.1) is 0 Å². The lowest BCUT2D eigenvalue weighted by Gasteiger charge is -2.22. The third-order valence-corrected chi connectivity index (χ3v) is 4.33. The molecule has 1 fully saturated rings. The van der Waals surface area contributed by atoms with Crippen molar-refractivity contribution in [2.24, 2.45) is 11.8 Å². The molecule has 0 radical (unpaired) electrons. The summed E-state index contributed by atoms with van der Waals surface area (Å²) in [5, 5.41) is 0. The third-order valence-electron chi connectivity index (χ3n) is 4.33. The molecule has 5 heteroatoms. The summed E-state index contributed by atoms with van der Waals surface area (Å²) in [5.74, 6) is 8.46. The SMILES string of the molecule is COc1cc(C(CC2CCCC2)NN)cc(OC)c1OC. The van der Waals surface area contributed by atoms with Gasteiger partial charge in [-0.05, 0) is 30.0 Å². The molecule has 5 nitrogen and oxygen atoms in total. The van der Waals surface area contributed by atoms with Crippen molar-refractivity contribution in [1.82, 2.24) is 5.43 Å². The third kappa shape index (κ3) is 3.60. The quantitative estimate of drug-likeness (QED) is 0.598. The van der Waals surface area contributed by atoms with Crippen molar-refractivity contribution in [3.8, 4) is 17.2 Å². The number of nitrogens with two attached hydrogens (primary N) is 1. The summed E-state index contributed by atoms with van der Waals surface area (Å²) in [7, 11) is 4.86. The van der Waals surface area contributed by atoms with Crippen molar-refractivity contribution >= 4 is 0 Å². The molecule has 0 aliphatic heterocycles. The van der Waals surface area contributed by atoms with Crippen LogP contribution in [0.3, 0.4) is 0 Å². The van der Waals surface area contributed by atoms with Crippen molar-refractivity contribution < 1.29 is 14.2 Å². The van der Waals surface area contributed by atoms with E-state index in [1.807, 2.05) is 12.1 Å². The van der Waals surface area contributed by atoms with Gasteiger partial charge in [-0.3, -0.25) is 11.3 Å². The first-order valence-electron chi connectivity index (χ1n) is 7.49. The van der Waals surface area contributed by atoms with Gasteiger partial charge < -0.3 is 14.2 Å². The Hall–Kier alpha value is -1.46. The Morgan fingerprint density at radius 2 is 1.67 bits per heavy atom. The lowest BCUT2D eigenvalue weighted by Crippen LogP contribution is -2.29. The monoisotopic (exact) mass is 294 g/mol. The van der Waals surface area contributed by atoms with Crippen molar-refractivity contribution in [1.29, 1.82) is 0 Å². The van der Waals surface area contributed by atoms with Crippen LogP contribution in [0.15, 0.2) is 12.1 Å². The summed E-state index contributed by atoms with van der Waals surface area (Å²) in [6, 6.07) is 4.04. The summed E-state index contributed by atoms with van der Waals surface area (Å²) in [6.07, 6.45) is 6.29. The van der Waals surface area contributed by atoms with Gasteiger partial charge in [0, 0.05) is 6.04 Å². The van der Waals surface area contributed by atoms with Crippen LogP contribution in [-0.2, 0) is 0 Å². The van der Waals surface area contributed by atoms with Crippen molar-refractivity contribution in [3.05, 3.63) is 17.7 Å². The molecule has 3 N–H and O–H groups in total. The molecule has 0 bridgehead atoms. The fraction of sp³-hybridized carbons (Fsp3) is 0.625. The topological polar surface area (TPSA) is 65.7 Å². The smallest absolute Gasteiger partial charge is 0.203 e. The summed E-state index contributed by atoms with van der Waals surface area (Å²) in [4.78, 5) is 0. The molecule has 0 spiro atoms. The Bertz CT molecular complexity index is 434. The van der Waals surface area contributed by atoms with Gasteiger partial charge in [-0.1, -0.05) is 25.7 Å². The largest absolute Gasteiger partial charge is 0.493 e. The Morgan fingerprint density at radius 1 is 1.10 bits per heavy atom. The molecular weight excluding hydrogens is 268 g/mol. The van der Waals surface area contributed by atoms with Crippen LogP contribution < -0.4 is 25.5 Å². The van der Waals surface area contributed by atoms with E-state index >= 15 is 0 Å². The van der Waals surface area contributed by atoms with E-state index in [0.717, 1.165) is 17.9 Å². The van der Waals surface area contributed by atoms with E-state index in [4.69, 9.17) is 20.1 Å². The number of benzene rings is 1. The highest BCUT2D eigenvalue weighted by Gasteiger charge is 2.23. The minimum Gasteiger partial charge on any atom is -0.493 e. The van der Waals surface area contributed by atoms with Crippen molar-refractivity contribution in [3.63, 3.8) is 0 Å². The van der Waals surface area contributed by atoms with E-state index in [0.29, 0.717) is 17.2 Å². The number of ether oxygens (including phenoxy) is 3. The zero-order valence-corrected chi connectivity index (χ0v) is 13.1. The van der Waals surface area contributed by atoms with Gasteiger partial charge in [0.05, 0.1) is 21.3 Å². The second-order valence-electron chi connectivity index (χ2n) is 5.56. The first kappa shape index (κ1) is 15.9. The van der Waals surface area contributed by atoms with Gasteiger partial charge in [-0.2, -0.15) is 0 Å². The summed E-state index contributed by atoms with van der Waals surface area (Å²) >= 11 is 0. The van der Waals surface area contributed by atoms with Crippen LogP contribution in [0.5, 0.6) is 17.2 Å². The highest BCUT2D eigenvalue weighted by atomic mass is 16.5. The van der Waals surface area contributed by atoms with E-state index in [-0.39, 0.29) is 6.04 Å². The summed E-state index contributed by atoms with van der Waals surface area (Å²) < 4.78 is 16.2. The normalized spacial score (nSPS) is 16.8. The Labute approximate surface area is 126 Å². The molecule has 0 aromatic heterocycles. The maximum Gasteiger partial charge on any atom is 0.203 e. The zero-order valence-electron chi connectivity index (χ0n) is 13.1. The number of rotatable bonds is 7. The average Bonchev–Trinajstić information content (AvgIpc) is 3.04. The lowest BCUT2D eigenvalue weighted by atomic mass is 9.93. The maximum atomic E-state index is 5.77. The average molecular weight is 294 g/mol. The fourth-order valence-electron chi connectivity index (χ4n) is 3.18. The number of hydrazine groups is 1. The predicted octanol–water partition coefficient (Wildman–Crippen LogP) is 2.80. The Kier molecular flexibility index (Phi) is 5.70. The molecule has 21 heavy (non-hydrogen) atoms. The highest BCUT2D eigenvalue weighted by Crippen LogP contribution is 2.41. The molecule has 1 aliphatic rings. The molecule has 1 saturated carbocycles. The summed E-state index contributed by atoms with van der Waals surface area (Å²) in [6.45, 7) is 0. The van der Waals surface area contributed by atoms with Gasteiger partial charge in [0.25, 0.3) is 0 Å². The van der Waals surface area contributed by atoms with Crippen LogP contribution in [0.1, 0.15) is 43.7 Å². The van der Waals surface area contributed by atoms with Gasteiger partial charge in [-0.25, -0.2) is 0 Å². The molecule has 1 unspecified atom stereocenters. The first-order valence-corrected chi connectivity index (χ1v) is 7.49. The molecule has 0 amide bonds. The number of hydrogen-bond donors (Lipinski definition) is 2. The van der Waals surface area contributed by atoms with E-state index in [1.54, 1.807) is 21.3 Å². The maximum absolute atomic E-state index is 5.77. The minimum atomic E-state index is 0.0989. The van der Waals surface area contributed by atoms with Gasteiger partial charge in [0.1, 0.15) is 0 Å². The first-order chi connectivity index (χ1) is 10.2. The van der Waals surface area contributed by atoms with Crippen LogP contribution in [0.25, 0.3) is 0 Å². The molecule has 1 aromatic carbocycles. The zero-order chi connectivity index (χ0) is 15.2. The molecule has 1 aliphatic carbocycles. The second kappa shape index (κ2) is 7.52. The van der Waals surface area contributed by atoms with Crippen LogP contribution in [-0.4, -0.2) is 21.3 Å². The molecule has 2 rings (SSSR count). The van der Waals surface area contributed by atoms with Crippen LogP contribution in [0.4, 0.5) is 0 Å². The van der Waals surface area contributed by atoms with Crippen LogP contribution >= 0.6 is 0 Å². The predicted molar refractivity (Wildman–Crippen MR) is 82.7 cm³/mol. The van der Waals surface area contributed by atoms with E-state index < -0.39 is 0 Å². The van der Waals surface area contributed by atoms with E-state index in [9.17, 15) is 0 Å². The van der Waals surface area contributed by atoms with E-state index in [1.165, 1.54) is 25.7 Å². The van der Waals surface area contributed by atoms with Crippen LogP contribution in [0, 0.1) is 5.92 Å². The van der Waals surface area contributed by atoms with Crippen molar-refractivity contribution in [2.45, 2.75) is 38.1 Å². The minimum absolute atomic E-state index is 0.0989. The summed E-state index contributed by atoms with van der Waals surface area (Å²) in [5.41, 5.74) is 4.00. The Balaban J connectivity index is 2.27. The fourth-order valence-corrected chi connectivity index (χ4v) is 3.18. The number of hydrogen-bond acceptors (Lipinski definition) is 5. The van der Waals surface area contributed by atoms with Gasteiger partial charge >= 0.3 is 0 Å². The molecule has 0 heterocycles. The number of nitrogens with one attached hydrogen (secondary N) is 1. The number of methoxy groups -OCH3 is 3. The lowest BCUT2D eigenvalue weighted by molar-refractivity contribution is 0.321. The molecular formula is C16H26N2O3. The molecule has 1 atom stereocenters. The van der Waals surface area contributed by atoms with Gasteiger partial charge in [0.2, 0.25) is 5.75 Å². The molecule has 0 saturated heterocycles. The standard InChI is InChI=1S/C16H26N2O3/c1-19-14-9-12(10-15(20-2)16(14)21-3)13(18-17)8-11-6-4-5-7-11/h9-11,13,18H,4-8,17H2,1-3H3. The van der Waals surface area contributed by atoms with Crippen molar-refractivity contribution in [2.75, 3.05) is 21.3 Å². The van der Waals surface area contributed by atoms with E-state index in [2.05, 4.69) is 5.43 Å². The highest BCUT2D eigenvalue weighted by molar-refractivity contribution is 5.54. The Morgan fingerprint density at radius 3 is 2.10 bits per heavy atom. The van der Waals surface area contributed by atoms with Gasteiger partial charge in [0.15, 0.2) is 11.5 Å². The second-order valence-corrected chi connectivity index (χ2v) is 5.56. The molecule has 118 valence electrons. The van der Waals surface area contributed by atoms with Crippen LogP contribution in [0.2, 0.25) is 0 Å². The molecule has 1 aromatic rings.